The minimum Gasteiger partial charge on any atom is -0.389 e. The summed E-state index contributed by atoms with van der Waals surface area (Å²) < 4.78 is 0. The summed E-state index contributed by atoms with van der Waals surface area (Å²) >= 11 is 0. The maximum absolute atomic E-state index is 9.63. The largest absolute Gasteiger partial charge is 0.389 e. The zero-order valence-corrected chi connectivity index (χ0v) is 11.9. The maximum Gasteiger partial charge on any atom is 0.138 e. The first kappa shape index (κ1) is 14.0. The monoisotopic (exact) mass is 266 g/mol. The third-order valence-corrected chi connectivity index (χ3v) is 3.22. The molecule has 2 heterocycles. The van der Waals surface area contributed by atoms with Gasteiger partial charge in [0.1, 0.15) is 17.5 Å². The number of rotatable bonds is 2. The second kappa shape index (κ2) is 4.94. The van der Waals surface area contributed by atoms with Gasteiger partial charge in [0, 0.05) is 31.6 Å². The standard InChI is InChI=1S/C13H22N4O2/c1-13(2,3)12-15-10(14-4)5-11(16-12)17-6-8(18)9(19)7-17/h5,8-9,18-19H,6-7H2,1-4H3,(H,14,15,16). The Labute approximate surface area is 113 Å². The van der Waals surface area contributed by atoms with Crippen molar-refractivity contribution in [2.45, 2.75) is 38.4 Å². The zero-order chi connectivity index (χ0) is 14.2. The molecule has 1 aliphatic heterocycles. The van der Waals surface area contributed by atoms with Crippen molar-refractivity contribution in [2.75, 3.05) is 30.4 Å². The molecular weight excluding hydrogens is 244 g/mol. The molecule has 1 saturated heterocycles. The highest BCUT2D eigenvalue weighted by molar-refractivity contribution is 5.50. The van der Waals surface area contributed by atoms with E-state index >= 15 is 0 Å². The number of aliphatic hydroxyl groups excluding tert-OH is 2. The Hall–Kier alpha value is -1.40. The van der Waals surface area contributed by atoms with Crippen LogP contribution < -0.4 is 10.2 Å². The number of nitrogens with one attached hydrogen (secondary N) is 1. The number of aliphatic hydroxyl groups is 2. The van der Waals surface area contributed by atoms with Crippen molar-refractivity contribution in [2.24, 2.45) is 0 Å². The summed E-state index contributed by atoms with van der Waals surface area (Å²) in [5, 5.41) is 22.3. The van der Waals surface area contributed by atoms with E-state index in [0.717, 1.165) is 17.5 Å². The summed E-state index contributed by atoms with van der Waals surface area (Å²) in [6.07, 6.45) is -1.43. The Bertz CT molecular complexity index is 448. The van der Waals surface area contributed by atoms with Gasteiger partial charge in [0.2, 0.25) is 0 Å². The predicted octanol–water partition coefficient (Wildman–Crippen LogP) is 0.358. The van der Waals surface area contributed by atoms with Crippen molar-refractivity contribution < 1.29 is 10.2 Å². The third kappa shape index (κ3) is 2.96. The van der Waals surface area contributed by atoms with Crippen molar-refractivity contribution in [3.8, 4) is 0 Å². The predicted molar refractivity (Wildman–Crippen MR) is 74.5 cm³/mol. The molecule has 106 valence electrons. The van der Waals surface area contributed by atoms with Gasteiger partial charge in [0.15, 0.2) is 0 Å². The molecule has 0 aromatic carbocycles. The van der Waals surface area contributed by atoms with E-state index in [2.05, 4.69) is 36.1 Å². The van der Waals surface area contributed by atoms with Gasteiger partial charge in [-0.1, -0.05) is 20.8 Å². The number of nitrogens with zero attached hydrogens (tertiary/aromatic N) is 3. The second-order valence-corrected chi connectivity index (χ2v) is 5.97. The van der Waals surface area contributed by atoms with Crippen LogP contribution in [0.15, 0.2) is 6.07 Å². The summed E-state index contributed by atoms with van der Waals surface area (Å²) in [6.45, 7) is 6.95. The molecule has 1 fully saturated rings. The van der Waals surface area contributed by atoms with Gasteiger partial charge in [-0.3, -0.25) is 0 Å². The molecule has 0 bridgehead atoms. The van der Waals surface area contributed by atoms with Crippen molar-refractivity contribution in [1.29, 1.82) is 0 Å². The molecule has 6 nitrogen and oxygen atoms in total. The van der Waals surface area contributed by atoms with E-state index in [4.69, 9.17) is 0 Å². The SMILES string of the molecule is CNc1cc(N2CC(O)C(O)C2)nc(C(C)(C)C)n1. The number of hydrogen-bond donors (Lipinski definition) is 3. The van der Waals surface area contributed by atoms with Crippen LogP contribution in [0.3, 0.4) is 0 Å². The van der Waals surface area contributed by atoms with Gasteiger partial charge in [-0.15, -0.1) is 0 Å². The Morgan fingerprint density at radius 1 is 1.21 bits per heavy atom. The van der Waals surface area contributed by atoms with Crippen molar-refractivity contribution in [1.82, 2.24) is 9.97 Å². The van der Waals surface area contributed by atoms with Crippen LogP contribution in [0, 0.1) is 0 Å². The third-order valence-electron chi connectivity index (χ3n) is 3.22. The average Bonchev–Trinajstić information content (AvgIpc) is 2.68. The Morgan fingerprint density at radius 3 is 2.26 bits per heavy atom. The fraction of sp³-hybridized carbons (Fsp3) is 0.692. The van der Waals surface area contributed by atoms with Crippen LogP contribution in [0.25, 0.3) is 0 Å². The quantitative estimate of drug-likeness (QED) is 0.717. The molecule has 0 radical (unpaired) electrons. The van der Waals surface area contributed by atoms with E-state index in [1.165, 1.54) is 0 Å². The lowest BCUT2D eigenvalue weighted by molar-refractivity contribution is 0.0572. The summed E-state index contributed by atoms with van der Waals surface area (Å²) in [6, 6.07) is 1.83. The van der Waals surface area contributed by atoms with Crippen molar-refractivity contribution in [3.05, 3.63) is 11.9 Å². The molecular formula is C13H22N4O2. The Kier molecular flexibility index (Phi) is 3.64. The lowest BCUT2D eigenvalue weighted by atomic mass is 9.96. The first-order chi connectivity index (χ1) is 8.81. The second-order valence-electron chi connectivity index (χ2n) is 5.97. The highest BCUT2D eigenvalue weighted by Gasteiger charge is 2.31. The molecule has 3 N–H and O–H groups in total. The maximum atomic E-state index is 9.63. The fourth-order valence-electron chi connectivity index (χ4n) is 2.02. The first-order valence-corrected chi connectivity index (χ1v) is 6.49. The Balaban J connectivity index is 2.35. The zero-order valence-electron chi connectivity index (χ0n) is 11.9. The van der Waals surface area contributed by atoms with Gasteiger partial charge >= 0.3 is 0 Å². The van der Waals surface area contributed by atoms with Crippen LogP contribution in [-0.4, -0.2) is 52.5 Å². The minimum atomic E-state index is -0.717. The molecule has 0 aliphatic carbocycles. The molecule has 2 atom stereocenters. The van der Waals surface area contributed by atoms with Crippen LogP contribution in [0.4, 0.5) is 11.6 Å². The van der Waals surface area contributed by atoms with Crippen LogP contribution in [0.2, 0.25) is 0 Å². The smallest absolute Gasteiger partial charge is 0.138 e. The van der Waals surface area contributed by atoms with Gasteiger partial charge in [-0.2, -0.15) is 0 Å². The van der Waals surface area contributed by atoms with Crippen LogP contribution in [0.1, 0.15) is 26.6 Å². The van der Waals surface area contributed by atoms with E-state index < -0.39 is 12.2 Å². The van der Waals surface area contributed by atoms with Crippen molar-refractivity contribution >= 4 is 11.6 Å². The first-order valence-electron chi connectivity index (χ1n) is 6.49. The number of β-amino-alcohol motifs (C(OH)–C–C–N with tert-alkyl or cyclic N) is 2. The van der Waals surface area contributed by atoms with Crippen LogP contribution in [0.5, 0.6) is 0 Å². The molecule has 2 unspecified atom stereocenters. The van der Waals surface area contributed by atoms with Crippen LogP contribution >= 0.6 is 0 Å². The van der Waals surface area contributed by atoms with Crippen molar-refractivity contribution in [3.63, 3.8) is 0 Å². The molecule has 1 aromatic heterocycles. The summed E-state index contributed by atoms with van der Waals surface area (Å²) in [4.78, 5) is 10.9. The van der Waals surface area contributed by atoms with E-state index in [-0.39, 0.29) is 5.41 Å². The summed E-state index contributed by atoms with van der Waals surface area (Å²) in [5.74, 6) is 2.22. The lowest BCUT2D eigenvalue weighted by Gasteiger charge is -2.22. The minimum absolute atomic E-state index is 0.154. The van der Waals surface area contributed by atoms with Gasteiger partial charge < -0.3 is 20.4 Å². The molecule has 1 aromatic rings. The summed E-state index contributed by atoms with van der Waals surface area (Å²) in [7, 11) is 1.81. The summed E-state index contributed by atoms with van der Waals surface area (Å²) in [5.41, 5.74) is -0.154. The molecule has 6 heteroatoms. The number of aromatic nitrogens is 2. The molecule has 0 saturated carbocycles. The number of hydrogen-bond acceptors (Lipinski definition) is 6. The number of anilines is 2. The lowest BCUT2D eigenvalue weighted by Crippen LogP contribution is -2.25. The average molecular weight is 266 g/mol. The molecule has 0 spiro atoms. The van der Waals surface area contributed by atoms with Gasteiger partial charge in [-0.05, 0) is 0 Å². The van der Waals surface area contributed by atoms with E-state index in [0.29, 0.717) is 13.1 Å². The highest BCUT2D eigenvalue weighted by Crippen LogP contribution is 2.26. The van der Waals surface area contributed by atoms with Gasteiger partial charge in [0.05, 0.1) is 12.2 Å². The molecule has 0 amide bonds. The van der Waals surface area contributed by atoms with Gasteiger partial charge in [0.25, 0.3) is 0 Å². The van der Waals surface area contributed by atoms with E-state index in [9.17, 15) is 10.2 Å². The van der Waals surface area contributed by atoms with E-state index in [1.54, 1.807) is 0 Å². The van der Waals surface area contributed by atoms with Gasteiger partial charge in [-0.25, -0.2) is 9.97 Å². The molecule has 2 rings (SSSR count). The fourth-order valence-corrected chi connectivity index (χ4v) is 2.02. The normalized spacial score (nSPS) is 23.8. The molecule has 19 heavy (non-hydrogen) atoms. The topological polar surface area (TPSA) is 81.5 Å². The van der Waals surface area contributed by atoms with Crippen LogP contribution in [-0.2, 0) is 5.41 Å². The van der Waals surface area contributed by atoms with E-state index in [1.807, 2.05) is 18.0 Å². The Morgan fingerprint density at radius 2 is 1.79 bits per heavy atom. The highest BCUT2D eigenvalue weighted by atomic mass is 16.3. The molecule has 1 aliphatic rings.